The quantitative estimate of drug-likeness (QED) is 0.477. The number of hydrogen-bond acceptors (Lipinski definition) is 1. The molecule has 1 heteroatoms. The summed E-state index contributed by atoms with van der Waals surface area (Å²) < 4.78 is 0. The topological polar surface area (TPSA) is 17.1 Å². The van der Waals surface area contributed by atoms with Crippen molar-refractivity contribution in [3.8, 4) is 0 Å². The Morgan fingerprint density at radius 3 is 1.77 bits per heavy atom. The highest BCUT2D eigenvalue weighted by Crippen LogP contribution is 1.78. The third kappa shape index (κ3) is 36.0. The molecule has 0 heterocycles. The predicted octanol–water partition coefficient (Wildman–Crippen LogP) is 3.93. The first-order chi connectivity index (χ1) is 6.27. The second-order valence-corrected chi connectivity index (χ2v) is 1.59. The van der Waals surface area contributed by atoms with Crippen molar-refractivity contribution >= 4 is 5.78 Å². The number of rotatable bonds is 3. The smallest absolute Gasteiger partial charge is 0.152 e. The highest BCUT2D eigenvalue weighted by molar-refractivity contribution is 5.87. The van der Waals surface area contributed by atoms with Crippen molar-refractivity contribution in [2.24, 2.45) is 0 Å². The Balaban J connectivity index is -0.000000218. The summed E-state index contributed by atoms with van der Waals surface area (Å²) in [5.74, 6) is 0.0590. The van der Waals surface area contributed by atoms with Gasteiger partial charge in [-0.1, -0.05) is 58.6 Å². The first kappa shape index (κ1) is 17.8. The van der Waals surface area contributed by atoms with Gasteiger partial charge in [-0.2, -0.15) is 0 Å². The Bertz CT molecular complexity index is 153. The van der Waals surface area contributed by atoms with Crippen LogP contribution in [-0.4, -0.2) is 5.78 Å². The predicted molar refractivity (Wildman–Crippen MR) is 61.9 cm³/mol. The molecule has 1 nitrogen and oxygen atoms in total. The average Bonchev–Trinajstić information content (AvgIpc) is 2.19. The van der Waals surface area contributed by atoms with Crippen LogP contribution >= 0.6 is 0 Å². The first-order valence-corrected chi connectivity index (χ1v) is 4.73. The first-order valence-electron chi connectivity index (χ1n) is 4.73. The van der Waals surface area contributed by atoms with Gasteiger partial charge in [-0.3, -0.25) is 4.79 Å². The van der Waals surface area contributed by atoms with Crippen LogP contribution in [0.2, 0.25) is 0 Å². The van der Waals surface area contributed by atoms with Crippen LogP contribution in [0, 0.1) is 0 Å². The summed E-state index contributed by atoms with van der Waals surface area (Å²) in [5, 5.41) is 0. The molecule has 0 unspecified atom stereocenters. The normalized spacial score (nSPS) is 8.38. The van der Waals surface area contributed by atoms with Crippen LogP contribution in [0.4, 0.5) is 0 Å². The van der Waals surface area contributed by atoms with Crippen LogP contribution in [0.5, 0.6) is 0 Å². The molecule has 0 amide bonds. The molecule has 0 aromatic rings. The summed E-state index contributed by atoms with van der Waals surface area (Å²) in [6.45, 7) is 13.0. The van der Waals surface area contributed by atoms with Gasteiger partial charge in [0.05, 0.1) is 0 Å². The lowest BCUT2D eigenvalue weighted by molar-refractivity contribution is -0.112. The van der Waals surface area contributed by atoms with Gasteiger partial charge in [0.25, 0.3) is 0 Å². The van der Waals surface area contributed by atoms with Gasteiger partial charge in [-0.25, -0.2) is 0 Å². The molecular weight excluding hydrogens is 160 g/mol. The third-order valence-electron chi connectivity index (χ3n) is 0.689. The summed E-state index contributed by atoms with van der Waals surface area (Å²) in [6.07, 6.45) is 8.36. The lowest BCUT2D eigenvalue weighted by Crippen LogP contribution is -1.77. The molecule has 0 radical (unpaired) electrons. The van der Waals surface area contributed by atoms with E-state index in [-0.39, 0.29) is 5.78 Å². The van der Waals surface area contributed by atoms with E-state index >= 15 is 0 Å². The van der Waals surface area contributed by atoms with E-state index in [0.717, 1.165) is 0 Å². The third-order valence-corrected chi connectivity index (χ3v) is 0.689. The van der Waals surface area contributed by atoms with Crippen molar-refractivity contribution in [2.75, 3.05) is 0 Å². The van der Waals surface area contributed by atoms with Gasteiger partial charge in [0.2, 0.25) is 0 Å². The lowest BCUT2D eigenvalue weighted by Gasteiger charge is -1.72. The fourth-order valence-corrected chi connectivity index (χ4v) is 0.334. The summed E-state index contributed by atoms with van der Waals surface area (Å²) in [5.41, 5.74) is 0. The minimum Gasteiger partial charge on any atom is -0.295 e. The fourth-order valence-electron chi connectivity index (χ4n) is 0.334. The Morgan fingerprint density at radius 1 is 1.00 bits per heavy atom. The summed E-state index contributed by atoms with van der Waals surface area (Å²) in [6, 6.07) is 0. The molecule has 0 fully saturated rings. The van der Waals surface area contributed by atoms with Gasteiger partial charge in [-0.15, -0.1) is 0 Å². The molecule has 0 rings (SSSR count). The average molecular weight is 182 g/mol. The molecule has 0 N–H and O–H groups in total. The zero-order valence-electron chi connectivity index (χ0n) is 9.50. The van der Waals surface area contributed by atoms with Crippen LogP contribution in [0.25, 0.3) is 0 Å². The molecule has 0 aromatic carbocycles. The fraction of sp³-hybridized carbons (Fsp3) is 0.417. The van der Waals surface area contributed by atoms with Crippen molar-refractivity contribution in [2.45, 2.75) is 34.6 Å². The second kappa shape index (κ2) is 22.4. The van der Waals surface area contributed by atoms with Crippen molar-refractivity contribution < 1.29 is 4.79 Å². The van der Waals surface area contributed by atoms with E-state index in [1.165, 1.54) is 13.0 Å². The monoisotopic (exact) mass is 182 g/mol. The standard InChI is InChI=1S/C8H10O.2C2H6/c1-3-4-5-6-7-8(2)9;2*1-2/h3-7H,1H2,2H3;2*1-2H3/b5-4-,7-6+;;. The van der Waals surface area contributed by atoms with Crippen LogP contribution < -0.4 is 0 Å². The van der Waals surface area contributed by atoms with E-state index in [9.17, 15) is 4.79 Å². The Hall–Kier alpha value is -1.11. The molecule has 0 saturated carbocycles. The minimum atomic E-state index is 0.0590. The van der Waals surface area contributed by atoms with Gasteiger partial charge in [0.1, 0.15) is 0 Å². The summed E-state index contributed by atoms with van der Waals surface area (Å²) in [4.78, 5) is 10.3. The van der Waals surface area contributed by atoms with E-state index < -0.39 is 0 Å². The molecule has 0 atom stereocenters. The molecule has 0 bridgehead atoms. The highest BCUT2D eigenvalue weighted by Gasteiger charge is 1.75. The maximum atomic E-state index is 10.3. The SMILES string of the molecule is C=C/C=C\C=C\C(C)=O.CC.CC. The number of hydrogen-bond donors (Lipinski definition) is 0. The van der Waals surface area contributed by atoms with Crippen LogP contribution in [0.15, 0.2) is 37.0 Å². The molecule has 0 saturated heterocycles. The minimum absolute atomic E-state index is 0.0590. The van der Waals surface area contributed by atoms with E-state index in [4.69, 9.17) is 0 Å². The van der Waals surface area contributed by atoms with Crippen LogP contribution in [-0.2, 0) is 4.79 Å². The van der Waals surface area contributed by atoms with E-state index in [2.05, 4.69) is 6.58 Å². The van der Waals surface area contributed by atoms with E-state index in [0.29, 0.717) is 0 Å². The largest absolute Gasteiger partial charge is 0.295 e. The Morgan fingerprint density at radius 2 is 1.46 bits per heavy atom. The molecule has 0 aliphatic heterocycles. The summed E-state index contributed by atoms with van der Waals surface area (Å²) >= 11 is 0. The van der Waals surface area contributed by atoms with Gasteiger partial charge in [0, 0.05) is 0 Å². The van der Waals surface area contributed by atoms with E-state index in [1.54, 1.807) is 24.3 Å². The zero-order chi connectivity index (χ0) is 11.1. The molecular formula is C12H22O. The highest BCUT2D eigenvalue weighted by atomic mass is 16.1. The number of allylic oxidation sites excluding steroid dienone is 5. The molecule has 0 aliphatic carbocycles. The number of carbonyl (C=O) groups is 1. The molecule has 0 aromatic heterocycles. The Labute approximate surface area is 82.9 Å². The maximum absolute atomic E-state index is 10.3. The van der Waals surface area contributed by atoms with Crippen molar-refractivity contribution in [1.29, 1.82) is 0 Å². The molecule has 13 heavy (non-hydrogen) atoms. The zero-order valence-corrected chi connectivity index (χ0v) is 9.50. The van der Waals surface area contributed by atoms with Gasteiger partial charge >= 0.3 is 0 Å². The van der Waals surface area contributed by atoms with Crippen LogP contribution in [0.3, 0.4) is 0 Å². The second-order valence-electron chi connectivity index (χ2n) is 1.59. The van der Waals surface area contributed by atoms with Gasteiger partial charge in [-0.05, 0) is 13.0 Å². The van der Waals surface area contributed by atoms with Gasteiger partial charge in [0.15, 0.2) is 5.78 Å². The van der Waals surface area contributed by atoms with Crippen molar-refractivity contribution in [3.63, 3.8) is 0 Å². The summed E-state index contributed by atoms with van der Waals surface area (Å²) in [7, 11) is 0. The van der Waals surface area contributed by atoms with Gasteiger partial charge < -0.3 is 0 Å². The molecule has 0 spiro atoms. The number of ketones is 1. The van der Waals surface area contributed by atoms with Crippen molar-refractivity contribution in [3.05, 3.63) is 37.0 Å². The lowest BCUT2D eigenvalue weighted by atomic mass is 10.3. The maximum Gasteiger partial charge on any atom is 0.152 e. The van der Waals surface area contributed by atoms with Crippen molar-refractivity contribution in [1.82, 2.24) is 0 Å². The number of carbonyl (C=O) groups excluding carboxylic acids is 1. The Kier molecular flexibility index (Phi) is 30.8. The van der Waals surface area contributed by atoms with Crippen LogP contribution in [0.1, 0.15) is 34.6 Å². The van der Waals surface area contributed by atoms with E-state index in [1.807, 2.05) is 27.7 Å². The molecule has 0 aliphatic rings. The molecule has 76 valence electrons.